The van der Waals surface area contributed by atoms with Gasteiger partial charge < -0.3 is 20.1 Å². The van der Waals surface area contributed by atoms with Gasteiger partial charge in [-0.25, -0.2) is 0 Å². The Balaban J connectivity index is 2.07. The molecule has 0 aromatic carbocycles. The minimum atomic E-state index is -0.334. The van der Waals surface area contributed by atoms with Crippen LogP contribution in [0.3, 0.4) is 0 Å². The zero-order chi connectivity index (χ0) is 13.2. The Labute approximate surface area is 112 Å². The molecule has 0 bridgehead atoms. The van der Waals surface area contributed by atoms with Gasteiger partial charge in [0.05, 0.1) is 12.7 Å². The van der Waals surface area contributed by atoms with E-state index >= 15 is 0 Å². The van der Waals surface area contributed by atoms with Crippen LogP contribution in [0.5, 0.6) is 0 Å². The van der Waals surface area contributed by atoms with Crippen molar-refractivity contribution in [2.24, 2.45) is 5.92 Å². The molecule has 0 aromatic heterocycles. The molecule has 108 valence electrons. The Bertz CT molecular complexity index is 194. The van der Waals surface area contributed by atoms with Crippen LogP contribution in [0, 0.1) is 5.92 Å². The van der Waals surface area contributed by atoms with Crippen LogP contribution >= 0.6 is 0 Å². The molecule has 1 saturated heterocycles. The van der Waals surface area contributed by atoms with Crippen LogP contribution in [0.2, 0.25) is 0 Å². The van der Waals surface area contributed by atoms with Gasteiger partial charge in [0.15, 0.2) is 0 Å². The van der Waals surface area contributed by atoms with E-state index in [4.69, 9.17) is 4.74 Å². The van der Waals surface area contributed by atoms with Crippen molar-refractivity contribution in [1.82, 2.24) is 10.2 Å². The maximum absolute atomic E-state index is 9.79. The van der Waals surface area contributed by atoms with Gasteiger partial charge in [-0.2, -0.15) is 0 Å². The van der Waals surface area contributed by atoms with Crippen molar-refractivity contribution in [3.8, 4) is 0 Å². The number of rotatable bonds is 9. The first-order chi connectivity index (χ1) is 8.76. The molecular formula is C14H30N2O2. The molecule has 1 heterocycles. The molecule has 0 amide bonds. The number of hydrogen-bond donors (Lipinski definition) is 2. The third-order valence-corrected chi connectivity index (χ3v) is 3.55. The predicted octanol–water partition coefficient (Wildman–Crippen LogP) is 1.10. The van der Waals surface area contributed by atoms with Gasteiger partial charge in [0.25, 0.3) is 0 Å². The number of nitrogens with one attached hydrogen (secondary N) is 1. The van der Waals surface area contributed by atoms with Gasteiger partial charge >= 0.3 is 0 Å². The lowest BCUT2D eigenvalue weighted by molar-refractivity contribution is 0.0147. The number of aliphatic hydroxyl groups excluding tert-OH is 1. The number of ether oxygens (including phenoxy) is 1. The van der Waals surface area contributed by atoms with Crippen LogP contribution in [-0.4, -0.2) is 62.0 Å². The molecule has 1 fully saturated rings. The summed E-state index contributed by atoms with van der Waals surface area (Å²) in [5, 5.41) is 13.3. The lowest BCUT2D eigenvalue weighted by atomic mass is 9.96. The first-order valence-corrected chi connectivity index (χ1v) is 7.45. The standard InChI is InChI=1S/C14H30N2O2/c1-3-7-15-10-13-5-8-16(9-6-13)11-14(17)12-18-4-2/h13-15,17H,3-12H2,1-2H3. The van der Waals surface area contributed by atoms with Crippen LogP contribution in [-0.2, 0) is 4.74 Å². The van der Waals surface area contributed by atoms with E-state index in [-0.39, 0.29) is 6.10 Å². The molecule has 0 saturated carbocycles. The Kier molecular flexibility index (Phi) is 8.59. The lowest BCUT2D eigenvalue weighted by Crippen LogP contribution is -2.42. The maximum atomic E-state index is 9.79. The third kappa shape index (κ3) is 6.69. The average molecular weight is 258 g/mol. The van der Waals surface area contributed by atoms with Gasteiger partial charge in [0.1, 0.15) is 0 Å². The van der Waals surface area contributed by atoms with Crippen molar-refractivity contribution < 1.29 is 9.84 Å². The van der Waals surface area contributed by atoms with E-state index in [0.29, 0.717) is 13.2 Å². The molecule has 0 radical (unpaired) electrons. The SMILES string of the molecule is CCCNCC1CCN(CC(O)COCC)CC1. The van der Waals surface area contributed by atoms with Gasteiger partial charge in [-0.3, -0.25) is 0 Å². The topological polar surface area (TPSA) is 44.7 Å². The molecule has 2 N–H and O–H groups in total. The van der Waals surface area contributed by atoms with Crippen molar-refractivity contribution in [1.29, 1.82) is 0 Å². The largest absolute Gasteiger partial charge is 0.389 e. The molecule has 1 aliphatic heterocycles. The summed E-state index contributed by atoms with van der Waals surface area (Å²) >= 11 is 0. The monoisotopic (exact) mass is 258 g/mol. The molecule has 4 nitrogen and oxygen atoms in total. The van der Waals surface area contributed by atoms with E-state index in [9.17, 15) is 5.11 Å². The van der Waals surface area contributed by atoms with E-state index in [2.05, 4.69) is 17.1 Å². The smallest absolute Gasteiger partial charge is 0.0900 e. The van der Waals surface area contributed by atoms with Crippen LogP contribution < -0.4 is 5.32 Å². The first kappa shape index (κ1) is 15.9. The highest BCUT2D eigenvalue weighted by Crippen LogP contribution is 2.16. The highest BCUT2D eigenvalue weighted by Gasteiger charge is 2.20. The Morgan fingerprint density at radius 3 is 2.67 bits per heavy atom. The summed E-state index contributed by atoms with van der Waals surface area (Å²) in [6.07, 6.45) is 3.37. The number of nitrogens with zero attached hydrogens (tertiary/aromatic N) is 1. The average Bonchev–Trinajstić information content (AvgIpc) is 2.39. The number of aliphatic hydroxyl groups is 1. The summed E-state index contributed by atoms with van der Waals surface area (Å²) in [5.41, 5.74) is 0. The fraction of sp³-hybridized carbons (Fsp3) is 1.00. The van der Waals surface area contributed by atoms with Crippen molar-refractivity contribution >= 4 is 0 Å². The summed E-state index contributed by atoms with van der Waals surface area (Å²) in [5.74, 6) is 0.817. The van der Waals surface area contributed by atoms with Crippen molar-refractivity contribution in [3.05, 3.63) is 0 Å². The molecule has 0 aliphatic carbocycles. The zero-order valence-corrected chi connectivity index (χ0v) is 12.0. The molecule has 0 aromatic rings. The molecular weight excluding hydrogens is 228 g/mol. The summed E-state index contributed by atoms with van der Waals surface area (Å²) < 4.78 is 5.24. The van der Waals surface area contributed by atoms with Gasteiger partial charge in [0.2, 0.25) is 0 Å². The lowest BCUT2D eigenvalue weighted by Gasteiger charge is -2.33. The van der Waals surface area contributed by atoms with E-state index in [1.54, 1.807) is 0 Å². The van der Waals surface area contributed by atoms with E-state index in [0.717, 1.165) is 38.6 Å². The summed E-state index contributed by atoms with van der Waals surface area (Å²) in [6, 6.07) is 0. The van der Waals surface area contributed by atoms with Crippen LogP contribution in [0.1, 0.15) is 33.1 Å². The summed E-state index contributed by atoms with van der Waals surface area (Å²) in [6.45, 7) is 10.6. The third-order valence-electron chi connectivity index (χ3n) is 3.55. The number of β-amino-alcohol motifs (C(OH)–C–C–N with tert-alkyl or cyclic N) is 1. The number of hydrogen-bond acceptors (Lipinski definition) is 4. The quantitative estimate of drug-likeness (QED) is 0.608. The minimum Gasteiger partial charge on any atom is -0.389 e. The second-order valence-electron chi connectivity index (χ2n) is 5.26. The van der Waals surface area contributed by atoms with Gasteiger partial charge in [-0.05, 0) is 58.3 Å². The molecule has 0 spiro atoms. The molecule has 18 heavy (non-hydrogen) atoms. The Hall–Kier alpha value is -0.160. The fourth-order valence-corrected chi connectivity index (χ4v) is 2.46. The normalized spacial score (nSPS) is 20.2. The van der Waals surface area contributed by atoms with Crippen LogP contribution in [0.15, 0.2) is 0 Å². The summed E-state index contributed by atoms with van der Waals surface area (Å²) in [7, 11) is 0. The van der Waals surface area contributed by atoms with Gasteiger partial charge in [-0.15, -0.1) is 0 Å². The highest BCUT2D eigenvalue weighted by molar-refractivity contribution is 4.75. The second-order valence-corrected chi connectivity index (χ2v) is 5.26. The summed E-state index contributed by atoms with van der Waals surface area (Å²) in [4.78, 5) is 2.36. The number of piperidine rings is 1. The van der Waals surface area contributed by atoms with E-state index in [1.807, 2.05) is 6.92 Å². The Morgan fingerprint density at radius 2 is 2.06 bits per heavy atom. The van der Waals surface area contributed by atoms with E-state index in [1.165, 1.54) is 19.3 Å². The van der Waals surface area contributed by atoms with E-state index < -0.39 is 0 Å². The Morgan fingerprint density at radius 1 is 1.33 bits per heavy atom. The maximum Gasteiger partial charge on any atom is 0.0900 e. The molecule has 1 atom stereocenters. The predicted molar refractivity (Wildman–Crippen MR) is 74.8 cm³/mol. The van der Waals surface area contributed by atoms with Gasteiger partial charge in [0, 0.05) is 13.2 Å². The van der Waals surface area contributed by atoms with Crippen molar-refractivity contribution in [2.75, 3.05) is 45.9 Å². The minimum absolute atomic E-state index is 0.334. The second kappa shape index (κ2) is 9.73. The highest BCUT2D eigenvalue weighted by atomic mass is 16.5. The van der Waals surface area contributed by atoms with Crippen molar-refractivity contribution in [2.45, 2.75) is 39.2 Å². The molecule has 1 unspecified atom stereocenters. The fourth-order valence-electron chi connectivity index (χ4n) is 2.46. The first-order valence-electron chi connectivity index (χ1n) is 7.45. The molecule has 4 heteroatoms. The van der Waals surface area contributed by atoms with Crippen LogP contribution in [0.4, 0.5) is 0 Å². The molecule has 1 aliphatic rings. The molecule has 1 rings (SSSR count). The number of likely N-dealkylation sites (tertiary alicyclic amines) is 1. The van der Waals surface area contributed by atoms with Crippen LogP contribution in [0.25, 0.3) is 0 Å². The van der Waals surface area contributed by atoms with Gasteiger partial charge in [-0.1, -0.05) is 6.92 Å². The van der Waals surface area contributed by atoms with Crippen molar-refractivity contribution in [3.63, 3.8) is 0 Å². The zero-order valence-electron chi connectivity index (χ0n) is 12.0.